The fourth-order valence-corrected chi connectivity index (χ4v) is 5.26. The first kappa shape index (κ1) is 28.1. The van der Waals surface area contributed by atoms with Crippen molar-refractivity contribution in [1.29, 1.82) is 0 Å². The molecule has 0 fully saturated rings. The van der Waals surface area contributed by atoms with Crippen LogP contribution in [0.4, 0.5) is 11.4 Å². The molecule has 0 radical (unpaired) electrons. The lowest BCUT2D eigenvalue weighted by Crippen LogP contribution is -2.37. The van der Waals surface area contributed by atoms with E-state index in [2.05, 4.69) is 5.32 Å². The van der Waals surface area contributed by atoms with E-state index >= 15 is 0 Å². The highest BCUT2D eigenvalue weighted by molar-refractivity contribution is 7.93. The van der Waals surface area contributed by atoms with E-state index in [1.54, 1.807) is 48.5 Å². The first-order valence-electron chi connectivity index (χ1n) is 10.4. The summed E-state index contributed by atoms with van der Waals surface area (Å²) in [6.45, 7) is 1.68. The number of likely N-dealkylation sites (N-methyl/N-ethyl adjacent to an activating group) is 1. The smallest absolute Gasteiger partial charge is 0.265 e. The maximum Gasteiger partial charge on any atom is 0.265 e. The lowest BCUT2D eigenvalue weighted by atomic mass is 10.2. The molecular weight excluding hydrogens is 517 g/mol. The van der Waals surface area contributed by atoms with Crippen LogP contribution in [0.15, 0.2) is 77.7 Å². The summed E-state index contributed by atoms with van der Waals surface area (Å²) in [5.74, 6) is 0.711. The Bertz CT molecular complexity index is 1160. The van der Waals surface area contributed by atoms with E-state index in [1.165, 1.54) is 10.4 Å². The Morgan fingerprint density at radius 1 is 0.882 bits per heavy atom. The second-order valence-electron chi connectivity index (χ2n) is 7.56. The molecule has 0 aliphatic rings. The number of hydrogen-bond acceptors (Lipinski definition) is 5. The van der Waals surface area contributed by atoms with Crippen molar-refractivity contribution < 1.29 is 13.2 Å². The Kier molecular flexibility index (Phi) is 10.8. The van der Waals surface area contributed by atoms with E-state index in [0.717, 1.165) is 0 Å². The molecule has 0 aliphatic carbocycles. The summed E-state index contributed by atoms with van der Waals surface area (Å²) in [7, 11) is -0.0870. The van der Waals surface area contributed by atoms with Gasteiger partial charge in [-0.15, -0.1) is 12.4 Å². The highest BCUT2D eigenvalue weighted by atomic mass is 35.5. The highest BCUT2D eigenvalue weighted by Crippen LogP contribution is 2.33. The van der Waals surface area contributed by atoms with Crippen LogP contribution >= 0.6 is 35.6 Å². The average Bonchev–Trinajstić information content (AvgIpc) is 2.78. The molecule has 184 valence electrons. The zero-order valence-electron chi connectivity index (χ0n) is 18.9. The van der Waals surface area contributed by atoms with E-state index in [1.807, 2.05) is 37.2 Å². The Hall–Kier alpha value is -2.16. The minimum atomic E-state index is -3.89. The number of ether oxygens (including phenoxy) is 1. The minimum absolute atomic E-state index is 0. The molecule has 0 saturated heterocycles. The van der Waals surface area contributed by atoms with E-state index in [0.29, 0.717) is 41.8 Å². The molecule has 3 aromatic rings. The van der Waals surface area contributed by atoms with Gasteiger partial charge in [0.2, 0.25) is 0 Å². The average molecular weight is 545 g/mol. The van der Waals surface area contributed by atoms with Gasteiger partial charge in [0.05, 0.1) is 16.4 Å². The molecule has 0 spiro atoms. The van der Waals surface area contributed by atoms with Crippen LogP contribution in [0.5, 0.6) is 5.75 Å². The van der Waals surface area contributed by atoms with Crippen LogP contribution in [-0.4, -0.2) is 53.7 Å². The number of hydrogen-bond donors (Lipinski definition) is 1. The van der Waals surface area contributed by atoms with Gasteiger partial charge in [-0.1, -0.05) is 47.5 Å². The van der Waals surface area contributed by atoms with Crippen molar-refractivity contribution in [2.75, 3.05) is 50.0 Å². The number of sulfonamides is 1. The van der Waals surface area contributed by atoms with Gasteiger partial charge in [-0.25, -0.2) is 8.42 Å². The van der Waals surface area contributed by atoms with E-state index < -0.39 is 10.0 Å². The number of nitrogens with one attached hydrogen (secondary N) is 1. The largest absolute Gasteiger partial charge is 0.492 e. The van der Waals surface area contributed by atoms with Crippen LogP contribution in [0.1, 0.15) is 0 Å². The highest BCUT2D eigenvalue weighted by Gasteiger charge is 2.28. The Balaban J connectivity index is 0.00000408. The van der Waals surface area contributed by atoms with Crippen LogP contribution in [0.3, 0.4) is 0 Å². The van der Waals surface area contributed by atoms with Crippen LogP contribution in [0, 0.1) is 0 Å². The fraction of sp³-hybridized carbons (Fsp3) is 0.250. The second kappa shape index (κ2) is 13.1. The molecule has 3 rings (SSSR count). The van der Waals surface area contributed by atoms with Crippen LogP contribution < -0.4 is 14.4 Å². The maximum atomic E-state index is 13.6. The summed E-state index contributed by atoms with van der Waals surface area (Å²) in [6, 6.07) is 20.9. The molecule has 0 amide bonds. The fourth-order valence-electron chi connectivity index (χ4n) is 3.16. The quantitative estimate of drug-likeness (QED) is 0.316. The zero-order chi connectivity index (χ0) is 23.8. The predicted octanol–water partition coefficient (Wildman–Crippen LogP) is 5.66. The summed E-state index contributed by atoms with van der Waals surface area (Å²) < 4.78 is 34.4. The Morgan fingerprint density at radius 2 is 1.53 bits per heavy atom. The van der Waals surface area contributed by atoms with Gasteiger partial charge in [0.15, 0.2) is 0 Å². The zero-order valence-corrected chi connectivity index (χ0v) is 22.1. The molecule has 0 unspecified atom stereocenters. The third-order valence-electron chi connectivity index (χ3n) is 4.83. The summed E-state index contributed by atoms with van der Waals surface area (Å²) in [4.78, 5) is 2.01. The maximum absolute atomic E-state index is 13.6. The topological polar surface area (TPSA) is 61.9 Å². The number of para-hydroxylation sites is 2. The van der Waals surface area contributed by atoms with Crippen LogP contribution in [-0.2, 0) is 10.0 Å². The van der Waals surface area contributed by atoms with E-state index in [9.17, 15) is 8.42 Å². The Labute approximate surface area is 217 Å². The molecule has 3 aromatic carbocycles. The third kappa shape index (κ3) is 7.42. The van der Waals surface area contributed by atoms with Crippen molar-refractivity contribution in [2.45, 2.75) is 4.90 Å². The summed E-state index contributed by atoms with van der Waals surface area (Å²) in [6.07, 6.45) is 0. The summed E-state index contributed by atoms with van der Waals surface area (Å²) in [5, 5.41) is 4.13. The van der Waals surface area contributed by atoms with Gasteiger partial charge in [0, 0.05) is 24.7 Å². The van der Waals surface area contributed by atoms with Crippen molar-refractivity contribution in [2.24, 2.45) is 0 Å². The van der Waals surface area contributed by atoms with Gasteiger partial charge in [-0.2, -0.15) is 0 Å². The molecule has 0 aliphatic heterocycles. The van der Waals surface area contributed by atoms with Gasteiger partial charge in [0.1, 0.15) is 17.3 Å². The molecular formula is C24H28Cl3N3O3S. The second-order valence-corrected chi connectivity index (χ2v) is 10.2. The number of rotatable bonds is 11. The molecule has 1 N–H and O–H groups in total. The van der Waals surface area contributed by atoms with Gasteiger partial charge >= 0.3 is 0 Å². The summed E-state index contributed by atoms with van der Waals surface area (Å²) >= 11 is 12.2. The first-order chi connectivity index (χ1) is 15.8. The van der Waals surface area contributed by atoms with Crippen molar-refractivity contribution >= 4 is 57.0 Å². The molecule has 0 atom stereocenters. The monoisotopic (exact) mass is 543 g/mol. The number of benzene rings is 3. The first-order valence-corrected chi connectivity index (χ1v) is 12.6. The molecule has 0 heterocycles. The van der Waals surface area contributed by atoms with Crippen molar-refractivity contribution in [3.8, 4) is 5.75 Å². The van der Waals surface area contributed by atoms with Crippen molar-refractivity contribution in [3.05, 3.63) is 82.8 Å². The van der Waals surface area contributed by atoms with E-state index in [4.69, 9.17) is 27.9 Å². The number of anilines is 2. The van der Waals surface area contributed by atoms with Crippen LogP contribution in [0.25, 0.3) is 0 Å². The third-order valence-corrected chi connectivity index (χ3v) is 7.39. The molecule has 34 heavy (non-hydrogen) atoms. The predicted molar refractivity (Wildman–Crippen MR) is 144 cm³/mol. The Morgan fingerprint density at radius 3 is 2.21 bits per heavy atom. The van der Waals surface area contributed by atoms with Gasteiger partial charge in [0.25, 0.3) is 10.0 Å². The molecule has 0 bridgehead atoms. The molecule has 0 saturated carbocycles. The standard InChI is InChI=1S/C24H27Cl2N3O3S.ClH/c1-28(2)16-17-29(33(30,31)24-10-6-3-7-21(24)26)23-9-5-4-8-22(23)27-15-18-32-20-13-11-19(25)12-14-20;/h3-14,27H,15-18H2,1-2H3;1H. The van der Waals surface area contributed by atoms with Gasteiger partial charge in [-0.05, 0) is 62.6 Å². The van der Waals surface area contributed by atoms with E-state index in [-0.39, 0.29) is 28.9 Å². The SMILES string of the molecule is CN(C)CCN(c1ccccc1NCCOc1ccc(Cl)cc1)S(=O)(=O)c1ccccc1Cl.Cl. The number of nitrogens with zero attached hydrogens (tertiary/aromatic N) is 2. The van der Waals surface area contributed by atoms with Crippen molar-refractivity contribution in [1.82, 2.24) is 4.90 Å². The lowest BCUT2D eigenvalue weighted by Gasteiger charge is -2.28. The van der Waals surface area contributed by atoms with Crippen molar-refractivity contribution in [3.63, 3.8) is 0 Å². The molecule has 6 nitrogen and oxygen atoms in total. The van der Waals surface area contributed by atoms with Gasteiger partial charge in [-0.3, -0.25) is 4.31 Å². The molecule has 10 heteroatoms. The normalized spacial score (nSPS) is 11.1. The lowest BCUT2D eigenvalue weighted by molar-refractivity contribution is 0.333. The molecule has 0 aromatic heterocycles. The van der Waals surface area contributed by atoms with Crippen LogP contribution in [0.2, 0.25) is 10.0 Å². The minimum Gasteiger partial charge on any atom is -0.492 e. The summed E-state index contributed by atoms with van der Waals surface area (Å²) in [5.41, 5.74) is 1.23. The number of halogens is 3. The van der Waals surface area contributed by atoms with Gasteiger partial charge < -0.3 is 15.0 Å².